The van der Waals surface area contributed by atoms with Gasteiger partial charge in [0.1, 0.15) is 11.8 Å². The Morgan fingerprint density at radius 1 is 1.32 bits per heavy atom. The molecule has 8 nitrogen and oxygen atoms in total. The fourth-order valence-corrected chi connectivity index (χ4v) is 2.19. The number of hydrogen-bond donors (Lipinski definition) is 3. The van der Waals surface area contributed by atoms with Gasteiger partial charge in [0.05, 0.1) is 18.9 Å². The molecule has 8 heteroatoms. The maximum absolute atomic E-state index is 10.4. The third kappa shape index (κ3) is 6.67. The van der Waals surface area contributed by atoms with Crippen molar-refractivity contribution in [2.45, 2.75) is 52.9 Å². The lowest BCUT2D eigenvalue weighted by atomic mass is 10.1. The van der Waals surface area contributed by atoms with Gasteiger partial charge in [0.2, 0.25) is 5.91 Å². The van der Waals surface area contributed by atoms with E-state index >= 15 is 0 Å². The fraction of sp³-hybridized carbons (Fsp3) is 0.588. The first kappa shape index (κ1) is 20.9. The highest BCUT2D eigenvalue weighted by Gasteiger charge is 2.26. The molecule has 0 spiro atoms. The molecule has 1 atom stereocenters. The van der Waals surface area contributed by atoms with E-state index in [1.807, 2.05) is 13.8 Å². The highest BCUT2D eigenvalue weighted by atomic mass is 16.5. The van der Waals surface area contributed by atoms with Crippen LogP contribution in [-0.4, -0.2) is 46.3 Å². The molecule has 1 aromatic rings. The maximum atomic E-state index is 10.4. The molecule has 25 heavy (non-hydrogen) atoms. The highest BCUT2D eigenvalue weighted by molar-refractivity contribution is 5.87. The summed E-state index contributed by atoms with van der Waals surface area (Å²) < 4.78 is 10.7. The summed E-state index contributed by atoms with van der Waals surface area (Å²) in [4.78, 5) is 24.6. The van der Waals surface area contributed by atoms with Crippen LogP contribution in [0.25, 0.3) is 0 Å². The van der Waals surface area contributed by atoms with Crippen LogP contribution in [0.2, 0.25) is 0 Å². The molecule has 1 aromatic heterocycles. The number of aliphatic carboxylic acids is 1. The lowest BCUT2D eigenvalue weighted by molar-refractivity contribution is -0.140. The van der Waals surface area contributed by atoms with Crippen LogP contribution in [0.5, 0.6) is 5.75 Å². The van der Waals surface area contributed by atoms with Crippen LogP contribution in [0.1, 0.15) is 43.5 Å². The summed E-state index contributed by atoms with van der Waals surface area (Å²) in [6, 6.07) is -0.641. The second-order valence-electron chi connectivity index (χ2n) is 5.47. The van der Waals surface area contributed by atoms with Crippen LogP contribution >= 0.6 is 0 Å². The second kappa shape index (κ2) is 10.6. The third-order valence-electron chi connectivity index (χ3n) is 3.64. The van der Waals surface area contributed by atoms with Gasteiger partial charge in [0.25, 0.3) is 0 Å². The largest absolute Gasteiger partial charge is 0.506 e. The van der Waals surface area contributed by atoms with Crippen LogP contribution in [0.4, 0.5) is 0 Å². The summed E-state index contributed by atoms with van der Waals surface area (Å²) in [6.45, 7) is 7.75. The summed E-state index contributed by atoms with van der Waals surface area (Å²) in [6.07, 6.45) is 2.50. The fourth-order valence-electron chi connectivity index (χ4n) is 2.19. The van der Waals surface area contributed by atoms with Gasteiger partial charge < -0.3 is 25.0 Å². The molecule has 0 radical (unpaired) electrons. The van der Waals surface area contributed by atoms with E-state index < -0.39 is 12.0 Å². The normalized spacial score (nSPS) is 16.1. The van der Waals surface area contributed by atoms with Crippen molar-refractivity contribution in [2.75, 3.05) is 13.2 Å². The number of ether oxygens (including phenoxy) is 2. The molecule has 0 saturated carbocycles. The molecular weight excluding hydrogens is 328 g/mol. The Balaban J connectivity index is 0.000000293. The van der Waals surface area contributed by atoms with Crippen LogP contribution in [0.15, 0.2) is 6.20 Å². The van der Waals surface area contributed by atoms with Gasteiger partial charge in [-0.1, -0.05) is 0 Å². The van der Waals surface area contributed by atoms with Gasteiger partial charge in [-0.25, -0.2) is 4.79 Å². The van der Waals surface area contributed by atoms with E-state index in [1.165, 1.54) is 0 Å². The van der Waals surface area contributed by atoms with E-state index in [0.29, 0.717) is 45.0 Å². The summed E-state index contributed by atoms with van der Waals surface area (Å²) in [5, 5.41) is 20.5. The monoisotopic (exact) mass is 354 g/mol. The smallest absolute Gasteiger partial charge is 0.326 e. The zero-order valence-corrected chi connectivity index (χ0v) is 14.9. The number of aromatic hydroxyl groups is 1. The molecule has 0 unspecified atom stereocenters. The van der Waals surface area contributed by atoms with Crippen LogP contribution in [-0.2, 0) is 32.3 Å². The van der Waals surface area contributed by atoms with Crippen molar-refractivity contribution in [1.29, 1.82) is 0 Å². The molecule has 1 saturated heterocycles. The topological polar surface area (TPSA) is 118 Å². The van der Waals surface area contributed by atoms with Crippen molar-refractivity contribution in [2.24, 2.45) is 0 Å². The number of carboxylic acid groups (broad SMARTS) is 1. The van der Waals surface area contributed by atoms with Gasteiger partial charge >= 0.3 is 5.97 Å². The molecule has 0 aliphatic carbocycles. The molecule has 1 amide bonds. The van der Waals surface area contributed by atoms with E-state index in [4.69, 9.17) is 14.6 Å². The number of nitrogens with one attached hydrogen (secondary N) is 1. The lowest BCUT2D eigenvalue weighted by Gasteiger charge is -2.12. The number of hydrogen-bond acceptors (Lipinski definition) is 6. The molecule has 0 bridgehead atoms. The second-order valence-corrected chi connectivity index (χ2v) is 5.47. The van der Waals surface area contributed by atoms with Gasteiger partial charge in [-0.05, 0) is 27.2 Å². The third-order valence-corrected chi connectivity index (χ3v) is 3.64. The SMILES string of the molecule is CCOCc1cnc(C)c(O)c1COCC.O=C1CC[C@@H](C(=O)O)N1. The van der Waals surface area contributed by atoms with Gasteiger partial charge in [-0.2, -0.15) is 0 Å². The maximum Gasteiger partial charge on any atom is 0.326 e. The molecule has 3 N–H and O–H groups in total. The number of aryl methyl sites for hydroxylation is 1. The van der Waals surface area contributed by atoms with Crippen molar-refractivity contribution in [3.63, 3.8) is 0 Å². The van der Waals surface area contributed by atoms with E-state index in [1.54, 1.807) is 13.1 Å². The standard InChI is InChI=1S/C12H19NO3.C5H7NO3/c1-4-15-7-10-6-13-9(3)12(14)11(10)8-16-5-2;7-4-2-1-3(6-4)5(8)9/h6,14H,4-5,7-8H2,1-3H3;3H,1-2H2,(H,6,7)(H,8,9)/t;3-/m.0/s1. The molecule has 2 rings (SSSR count). The average Bonchev–Trinajstić information content (AvgIpc) is 3.02. The summed E-state index contributed by atoms with van der Waals surface area (Å²) >= 11 is 0. The number of nitrogens with zero attached hydrogens (tertiary/aromatic N) is 1. The zero-order valence-electron chi connectivity index (χ0n) is 14.9. The van der Waals surface area contributed by atoms with Crippen molar-refractivity contribution < 1.29 is 29.3 Å². The first-order valence-corrected chi connectivity index (χ1v) is 8.24. The molecule has 1 fully saturated rings. The summed E-state index contributed by atoms with van der Waals surface area (Å²) in [5.74, 6) is -0.895. The molecule has 0 aromatic carbocycles. The van der Waals surface area contributed by atoms with E-state index in [-0.39, 0.29) is 11.7 Å². The minimum atomic E-state index is -0.944. The Morgan fingerprint density at radius 3 is 2.44 bits per heavy atom. The number of carbonyl (C=O) groups excluding carboxylic acids is 1. The predicted octanol–water partition coefficient (Wildman–Crippen LogP) is 1.52. The number of carboxylic acids is 1. The average molecular weight is 354 g/mol. The van der Waals surface area contributed by atoms with Crippen LogP contribution in [0, 0.1) is 6.92 Å². The Morgan fingerprint density at radius 2 is 1.96 bits per heavy atom. The minimum absolute atomic E-state index is 0.164. The highest BCUT2D eigenvalue weighted by Crippen LogP contribution is 2.25. The first-order chi connectivity index (χ1) is 11.9. The Hall–Kier alpha value is -2.19. The number of aromatic nitrogens is 1. The van der Waals surface area contributed by atoms with Gasteiger partial charge in [0.15, 0.2) is 0 Å². The molecule has 1 aliphatic heterocycles. The van der Waals surface area contributed by atoms with E-state index in [0.717, 1.165) is 11.1 Å². The number of carbonyl (C=O) groups is 2. The van der Waals surface area contributed by atoms with Crippen LogP contribution in [0.3, 0.4) is 0 Å². The summed E-state index contributed by atoms with van der Waals surface area (Å²) in [7, 11) is 0. The van der Waals surface area contributed by atoms with Crippen LogP contribution < -0.4 is 5.32 Å². The first-order valence-electron chi connectivity index (χ1n) is 8.24. The summed E-state index contributed by atoms with van der Waals surface area (Å²) in [5.41, 5.74) is 2.29. The number of rotatable bonds is 7. The Kier molecular flexibility index (Phi) is 8.87. The van der Waals surface area contributed by atoms with Crippen molar-refractivity contribution in [3.05, 3.63) is 23.0 Å². The molecular formula is C17H26N2O6. The molecule has 2 heterocycles. The lowest BCUT2D eigenvalue weighted by Crippen LogP contribution is -2.32. The van der Waals surface area contributed by atoms with Crippen molar-refractivity contribution in [3.8, 4) is 5.75 Å². The quantitative estimate of drug-likeness (QED) is 0.679. The number of pyridine rings is 1. The van der Waals surface area contributed by atoms with Gasteiger partial charge in [-0.15, -0.1) is 0 Å². The van der Waals surface area contributed by atoms with Crippen molar-refractivity contribution in [1.82, 2.24) is 10.3 Å². The number of amides is 1. The Labute approximate surface area is 147 Å². The predicted molar refractivity (Wildman–Crippen MR) is 90.1 cm³/mol. The zero-order chi connectivity index (χ0) is 18.8. The minimum Gasteiger partial charge on any atom is -0.506 e. The van der Waals surface area contributed by atoms with E-state index in [9.17, 15) is 14.7 Å². The Bertz CT molecular complexity index is 591. The van der Waals surface area contributed by atoms with Gasteiger partial charge in [0, 0.05) is 37.0 Å². The van der Waals surface area contributed by atoms with Gasteiger partial charge in [-0.3, -0.25) is 9.78 Å². The molecule has 140 valence electrons. The van der Waals surface area contributed by atoms with E-state index in [2.05, 4.69) is 10.3 Å². The van der Waals surface area contributed by atoms with Crippen molar-refractivity contribution >= 4 is 11.9 Å². The molecule has 1 aliphatic rings.